The van der Waals surface area contributed by atoms with Gasteiger partial charge in [-0.2, -0.15) is 11.8 Å². The highest BCUT2D eigenvalue weighted by Crippen LogP contribution is 2.38. The van der Waals surface area contributed by atoms with E-state index in [2.05, 4.69) is 15.8 Å². The largest absolute Gasteiger partial charge is 0.494 e. The molecule has 6 heteroatoms. The number of nitrogens with two attached hydrogens (primary N) is 1. The lowest BCUT2D eigenvalue weighted by Gasteiger charge is -2.30. The van der Waals surface area contributed by atoms with Crippen LogP contribution >= 0.6 is 11.8 Å². The molecule has 2 atom stereocenters. The molecule has 2 N–H and O–H groups in total. The maximum Gasteiger partial charge on any atom is 0.201 e. The Morgan fingerprint density at radius 3 is 2.95 bits per heavy atom. The van der Waals surface area contributed by atoms with Crippen LogP contribution in [-0.4, -0.2) is 28.2 Å². The van der Waals surface area contributed by atoms with Crippen molar-refractivity contribution in [2.24, 2.45) is 0 Å². The van der Waals surface area contributed by atoms with Crippen LogP contribution in [0.25, 0.3) is 11.0 Å². The van der Waals surface area contributed by atoms with Crippen LogP contribution in [-0.2, 0) is 0 Å². The topological polar surface area (TPSA) is 53.1 Å². The first kappa shape index (κ1) is 14.5. The number of imidazole rings is 1. The smallest absolute Gasteiger partial charge is 0.201 e. The minimum absolute atomic E-state index is 0.237. The molecule has 0 bridgehead atoms. The lowest BCUT2D eigenvalue weighted by Crippen LogP contribution is -2.21. The number of aromatic nitrogens is 2. The van der Waals surface area contributed by atoms with Gasteiger partial charge >= 0.3 is 0 Å². The number of hydrogen-bond donors (Lipinski definition) is 1. The zero-order chi connectivity index (χ0) is 15.0. The second-order valence-electron chi connectivity index (χ2n) is 5.49. The highest BCUT2D eigenvalue weighted by atomic mass is 32.2. The van der Waals surface area contributed by atoms with E-state index < -0.39 is 5.82 Å². The van der Waals surface area contributed by atoms with Crippen LogP contribution in [0.15, 0.2) is 12.1 Å². The molecule has 0 saturated heterocycles. The van der Waals surface area contributed by atoms with Crippen LogP contribution in [0.1, 0.15) is 31.7 Å². The Kier molecular flexibility index (Phi) is 3.97. The number of hydrogen-bond acceptors (Lipinski definition) is 4. The molecular formula is C15H20FN3OS. The molecule has 1 saturated carbocycles. The average molecular weight is 309 g/mol. The summed E-state index contributed by atoms with van der Waals surface area (Å²) in [4.78, 5) is 4.31. The van der Waals surface area contributed by atoms with Crippen LogP contribution in [0.2, 0.25) is 0 Å². The van der Waals surface area contributed by atoms with Crippen molar-refractivity contribution in [3.05, 3.63) is 17.9 Å². The Balaban J connectivity index is 2.06. The molecule has 0 spiro atoms. The van der Waals surface area contributed by atoms with Gasteiger partial charge in [0, 0.05) is 23.4 Å². The maximum absolute atomic E-state index is 13.8. The minimum atomic E-state index is -0.403. The Morgan fingerprint density at radius 2 is 2.24 bits per heavy atom. The summed E-state index contributed by atoms with van der Waals surface area (Å²) in [5, 5.41) is 0.656. The summed E-state index contributed by atoms with van der Waals surface area (Å²) in [6.45, 7) is 0. The number of ether oxygens (including phenoxy) is 1. The molecule has 1 aromatic carbocycles. The maximum atomic E-state index is 13.8. The number of halogens is 1. The van der Waals surface area contributed by atoms with E-state index in [0.717, 1.165) is 18.4 Å². The van der Waals surface area contributed by atoms with Crippen molar-refractivity contribution in [3.8, 4) is 5.75 Å². The normalized spacial score (nSPS) is 22.6. The summed E-state index contributed by atoms with van der Waals surface area (Å²) in [6, 6.07) is 3.43. The number of rotatable bonds is 3. The van der Waals surface area contributed by atoms with Crippen molar-refractivity contribution in [1.29, 1.82) is 0 Å². The fourth-order valence-corrected chi connectivity index (χ4v) is 4.04. The fourth-order valence-electron chi connectivity index (χ4n) is 3.22. The van der Waals surface area contributed by atoms with Crippen LogP contribution < -0.4 is 10.5 Å². The number of anilines is 1. The molecule has 1 fully saturated rings. The van der Waals surface area contributed by atoms with Gasteiger partial charge in [0.15, 0.2) is 11.6 Å². The molecule has 4 nitrogen and oxygen atoms in total. The van der Waals surface area contributed by atoms with Crippen LogP contribution in [0.3, 0.4) is 0 Å². The molecule has 0 radical (unpaired) electrons. The van der Waals surface area contributed by atoms with E-state index in [-0.39, 0.29) is 5.75 Å². The first-order valence-electron chi connectivity index (χ1n) is 7.17. The second-order valence-corrected chi connectivity index (χ2v) is 6.63. The third-order valence-corrected chi connectivity index (χ3v) is 5.38. The van der Waals surface area contributed by atoms with Gasteiger partial charge in [-0.15, -0.1) is 0 Å². The van der Waals surface area contributed by atoms with E-state index >= 15 is 0 Å². The van der Waals surface area contributed by atoms with Crippen LogP contribution in [0, 0.1) is 5.82 Å². The van der Waals surface area contributed by atoms with Crippen LogP contribution in [0.4, 0.5) is 10.3 Å². The molecular weight excluding hydrogens is 289 g/mol. The summed E-state index contributed by atoms with van der Waals surface area (Å²) in [6.07, 6.45) is 6.76. The van der Waals surface area contributed by atoms with E-state index in [4.69, 9.17) is 10.5 Å². The number of thioether (sulfide) groups is 1. The van der Waals surface area contributed by atoms with E-state index in [1.807, 2.05) is 11.8 Å². The van der Waals surface area contributed by atoms with Crippen molar-refractivity contribution in [3.63, 3.8) is 0 Å². The predicted molar refractivity (Wildman–Crippen MR) is 85.5 cm³/mol. The molecule has 1 aliphatic rings. The highest BCUT2D eigenvalue weighted by molar-refractivity contribution is 7.99. The minimum Gasteiger partial charge on any atom is -0.494 e. The first-order chi connectivity index (χ1) is 10.1. The number of benzene rings is 1. The first-order valence-corrected chi connectivity index (χ1v) is 8.46. The van der Waals surface area contributed by atoms with Crippen molar-refractivity contribution >= 4 is 28.7 Å². The Hall–Kier alpha value is -1.43. The predicted octanol–water partition coefficient (Wildman–Crippen LogP) is 3.61. The van der Waals surface area contributed by atoms with Gasteiger partial charge < -0.3 is 15.0 Å². The Labute approximate surface area is 127 Å². The Bertz CT molecular complexity index is 658. The van der Waals surface area contributed by atoms with Gasteiger partial charge in [-0.3, -0.25) is 0 Å². The monoisotopic (exact) mass is 309 g/mol. The van der Waals surface area contributed by atoms with E-state index in [1.54, 1.807) is 6.07 Å². The molecule has 0 aliphatic heterocycles. The number of nitrogen functional groups attached to an aromatic ring is 1. The van der Waals surface area contributed by atoms with Gasteiger partial charge in [0.1, 0.15) is 0 Å². The van der Waals surface area contributed by atoms with Gasteiger partial charge in [-0.25, -0.2) is 9.37 Å². The standard InChI is InChI=1S/C15H20FN3OS/c1-20-14-8-13-12(7-11(14)16)18-15(17)19(13)9-4-3-5-10(6-9)21-2/h7-10H,3-6H2,1-2H3,(H2,17,18). The number of methoxy groups -OCH3 is 1. The molecule has 1 heterocycles. The zero-order valence-electron chi connectivity index (χ0n) is 12.3. The summed E-state index contributed by atoms with van der Waals surface area (Å²) < 4.78 is 20.9. The quantitative estimate of drug-likeness (QED) is 0.941. The summed E-state index contributed by atoms with van der Waals surface area (Å²) in [5.74, 6) is 0.297. The van der Waals surface area contributed by atoms with E-state index in [1.165, 1.54) is 26.0 Å². The van der Waals surface area contributed by atoms with E-state index in [9.17, 15) is 4.39 Å². The molecule has 1 aliphatic carbocycles. The summed E-state index contributed by atoms with van der Waals surface area (Å²) in [7, 11) is 1.47. The van der Waals surface area contributed by atoms with Crippen molar-refractivity contribution in [2.75, 3.05) is 19.1 Å². The summed E-state index contributed by atoms with van der Waals surface area (Å²) >= 11 is 1.91. The molecule has 2 aromatic rings. The molecule has 2 unspecified atom stereocenters. The number of fused-ring (bicyclic) bond motifs is 1. The highest BCUT2D eigenvalue weighted by Gasteiger charge is 2.26. The van der Waals surface area contributed by atoms with Crippen molar-refractivity contribution in [2.45, 2.75) is 37.0 Å². The molecule has 1 aromatic heterocycles. The van der Waals surface area contributed by atoms with E-state index in [0.29, 0.717) is 22.8 Å². The lowest BCUT2D eigenvalue weighted by molar-refractivity contribution is 0.369. The fraction of sp³-hybridized carbons (Fsp3) is 0.533. The van der Waals surface area contributed by atoms with Gasteiger partial charge in [-0.1, -0.05) is 6.42 Å². The zero-order valence-corrected chi connectivity index (χ0v) is 13.1. The van der Waals surface area contributed by atoms with Gasteiger partial charge in [0.05, 0.1) is 18.1 Å². The Morgan fingerprint density at radius 1 is 1.43 bits per heavy atom. The van der Waals surface area contributed by atoms with Gasteiger partial charge in [0.2, 0.25) is 5.95 Å². The van der Waals surface area contributed by atoms with Crippen molar-refractivity contribution < 1.29 is 9.13 Å². The average Bonchev–Trinajstić information content (AvgIpc) is 2.81. The third-order valence-electron chi connectivity index (χ3n) is 4.29. The molecule has 21 heavy (non-hydrogen) atoms. The molecule has 114 valence electrons. The molecule has 0 amide bonds. The van der Waals surface area contributed by atoms with Crippen molar-refractivity contribution in [1.82, 2.24) is 9.55 Å². The number of nitrogens with zero attached hydrogens (tertiary/aromatic N) is 2. The SMILES string of the molecule is COc1cc2c(cc1F)nc(N)n2C1CCCC(SC)C1. The third kappa shape index (κ3) is 2.57. The molecule has 3 rings (SSSR count). The van der Waals surface area contributed by atoms with Crippen LogP contribution in [0.5, 0.6) is 5.75 Å². The lowest BCUT2D eigenvalue weighted by atomic mass is 9.94. The van der Waals surface area contributed by atoms with Gasteiger partial charge in [-0.05, 0) is 25.5 Å². The second kappa shape index (κ2) is 5.75. The summed E-state index contributed by atoms with van der Waals surface area (Å²) in [5.41, 5.74) is 7.55. The van der Waals surface area contributed by atoms with Gasteiger partial charge in [0.25, 0.3) is 0 Å².